The quantitative estimate of drug-likeness (QED) is 0.383. The zero-order valence-corrected chi connectivity index (χ0v) is 16.4. The number of hydrogen-bond acceptors (Lipinski definition) is 5. The predicted molar refractivity (Wildman–Crippen MR) is 111 cm³/mol. The number of hydrogen-bond donors (Lipinski definition) is 1. The number of carbonyl (C=O) groups is 1. The van der Waals surface area contributed by atoms with Crippen LogP contribution in [-0.2, 0) is 0 Å². The van der Waals surface area contributed by atoms with Crippen molar-refractivity contribution in [3.05, 3.63) is 93.4 Å². The highest BCUT2D eigenvalue weighted by atomic mass is 35.5. The third-order valence-corrected chi connectivity index (χ3v) is 4.49. The fraction of sp³-hybridized carbons (Fsp3) is 0.0500. The first-order valence-corrected chi connectivity index (χ1v) is 9.23. The van der Waals surface area contributed by atoms with Crippen molar-refractivity contribution in [2.75, 3.05) is 5.32 Å². The molecule has 0 spiro atoms. The Morgan fingerprint density at radius 1 is 1.07 bits per heavy atom. The van der Waals surface area contributed by atoms with Crippen LogP contribution >= 0.6 is 11.6 Å². The number of anilines is 1. The van der Waals surface area contributed by atoms with Gasteiger partial charge < -0.3 is 5.32 Å². The summed E-state index contributed by atoms with van der Waals surface area (Å²) < 4.78 is 2.98. The van der Waals surface area contributed by atoms with Crippen LogP contribution in [0, 0.1) is 17.0 Å². The maximum Gasteiger partial charge on any atom is 0.277 e. The molecule has 30 heavy (non-hydrogen) atoms. The topological polar surface area (TPSA) is 108 Å². The molecule has 0 atom stereocenters. The summed E-state index contributed by atoms with van der Waals surface area (Å²) in [5.74, 6) is 0.0204. The fourth-order valence-corrected chi connectivity index (χ4v) is 3.10. The standard InChI is InChI=1S/C20H15ClN6O3/c1-13-10-19(26(23-13)16-6-2-4-14(21)11-16)22-20(28)18-8-9-25(24-18)15-5-3-7-17(12-15)27(29)30/h2-12H,1H3,(H,22,28). The van der Waals surface area contributed by atoms with E-state index in [0.717, 1.165) is 0 Å². The number of nitrogens with one attached hydrogen (secondary N) is 1. The molecule has 1 N–H and O–H groups in total. The van der Waals surface area contributed by atoms with Crippen LogP contribution in [0.4, 0.5) is 11.5 Å². The Kier molecular flexibility index (Phi) is 5.03. The highest BCUT2D eigenvalue weighted by Gasteiger charge is 2.16. The number of amides is 1. The summed E-state index contributed by atoms with van der Waals surface area (Å²) in [5.41, 5.74) is 1.98. The molecular formula is C20H15ClN6O3. The molecule has 0 aliphatic rings. The summed E-state index contributed by atoms with van der Waals surface area (Å²) in [6.07, 6.45) is 1.56. The summed E-state index contributed by atoms with van der Waals surface area (Å²) >= 11 is 6.06. The maximum absolute atomic E-state index is 12.7. The SMILES string of the molecule is Cc1cc(NC(=O)c2ccn(-c3cccc([N+](=O)[O-])c3)n2)n(-c2cccc(Cl)c2)n1. The highest BCUT2D eigenvalue weighted by molar-refractivity contribution is 6.30. The van der Waals surface area contributed by atoms with Crippen molar-refractivity contribution in [1.82, 2.24) is 19.6 Å². The summed E-state index contributed by atoms with van der Waals surface area (Å²) in [6.45, 7) is 1.81. The monoisotopic (exact) mass is 422 g/mol. The van der Waals surface area contributed by atoms with Gasteiger partial charge in [0.2, 0.25) is 0 Å². The third-order valence-electron chi connectivity index (χ3n) is 4.25. The van der Waals surface area contributed by atoms with E-state index in [4.69, 9.17) is 11.6 Å². The van der Waals surface area contributed by atoms with Gasteiger partial charge in [-0.2, -0.15) is 10.2 Å². The molecule has 0 fully saturated rings. The van der Waals surface area contributed by atoms with Crippen LogP contribution in [0.25, 0.3) is 11.4 Å². The van der Waals surface area contributed by atoms with Crippen molar-refractivity contribution in [3.63, 3.8) is 0 Å². The normalized spacial score (nSPS) is 10.7. The lowest BCUT2D eigenvalue weighted by atomic mass is 10.3. The Hall–Kier alpha value is -3.98. The van der Waals surface area contributed by atoms with Gasteiger partial charge in [0.05, 0.1) is 22.0 Å². The molecule has 150 valence electrons. The Bertz CT molecular complexity index is 1260. The number of carbonyl (C=O) groups excluding carboxylic acids is 1. The first-order chi connectivity index (χ1) is 14.4. The smallest absolute Gasteiger partial charge is 0.277 e. The molecule has 1 amide bonds. The summed E-state index contributed by atoms with van der Waals surface area (Å²) in [6, 6.07) is 16.4. The first-order valence-electron chi connectivity index (χ1n) is 8.85. The van der Waals surface area contributed by atoms with E-state index in [1.807, 2.05) is 13.0 Å². The van der Waals surface area contributed by atoms with Crippen LogP contribution in [0.1, 0.15) is 16.2 Å². The van der Waals surface area contributed by atoms with E-state index in [0.29, 0.717) is 27.9 Å². The minimum absolute atomic E-state index is 0.0603. The Morgan fingerprint density at radius 3 is 2.60 bits per heavy atom. The molecule has 0 unspecified atom stereocenters. The van der Waals surface area contributed by atoms with Crippen LogP contribution in [0.3, 0.4) is 0 Å². The fourth-order valence-electron chi connectivity index (χ4n) is 2.91. The zero-order chi connectivity index (χ0) is 21.3. The van der Waals surface area contributed by atoms with E-state index >= 15 is 0 Å². The van der Waals surface area contributed by atoms with Crippen molar-refractivity contribution in [3.8, 4) is 11.4 Å². The number of rotatable bonds is 5. The van der Waals surface area contributed by atoms with Crippen molar-refractivity contribution < 1.29 is 9.72 Å². The second kappa shape index (κ2) is 7.80. The van der Waals surface area contributed by atoms with Gasteiger partial charge in [0.25, 0.3) is 11.6 Å². The molecule has 0 saturated carbocycles. The lowest BCUT2D eigenvalue weighted by Crippen LogP contribution is -2.16. The molecule has 0 aliphatic heterocycles. The Balaban J connectivity index is 1.59. The second-order valence-electron chi connectivity index (χ2n) is 6.44. The van der Waals surface area contributed by atoms with Crippen molar-refractivity contribution in [1.29, 1.82) is 0 Å². The van der Waals surface area contributed by atoms with E-state index in [-0.39, 0.29) is 11.4 Å². The number of nitrogens with zero attached hydrogens (tertiary/aromatic N) is 5. The summed E-state index contributed by atoms with van der Waals surface area (Å²) in [7, 11) is 0. The number of benzene rings is 2. The molecule has 4 rings (SSSR count). The van der Waals surface area contributed by atoms with Gasteiger partial charge in [-0.05, 0) is 37.3 Å². The Morgan fingerprint density at radius 2 is 1.83 bits per heavy atom. The molecule has 0 radical (unpaired) electrons. The van der Waals surface area contributed by atoms with E-state index in [1.54, 1.807) is 47.3 Å². The van der Waals surface area contributed by atoms with E-state index < -0.39 is 10.8 Å². The first kappa shape index (κ1) is 19.3. The van der Waals surface area contributed by atoms with Crippen molar-refractivity contribution in [2.24, 2.45) is 0 Å². The van der Waals surface area contributed by atoms with Crippen LogP contribution in [0.15, 0.2) is 66.9 Å². The number of halogens is 1. The molecule has 10 heteroatoms. The molecular weight excluding hydrogens is 408 g/mol. The number of aromatic nitrogens is 4. The molecule has 9 nitrogen and oxygen atoms in total. The summed E-state index contributed by atoms with van der Waals surface area (Å²) in [4.78, 5) is 23.2. The van der Waals surface area contributed by atoms with Gasteiger partial charge in [0.1, 0.15) is 5.82 Å². The maximum atomic E-state index is 12.7. The van der Waals surface area contributed by atoms with Gasteiger partial charge in [-0.15, -0.1) is 0 Å². The van der Waals surface area contributed by atoms with Crippen LogP contribution < -0.4 is 5.32 Å². The molecule has 0 aliphatic carbocycles. The van der Waals surface area contributed by atoms with E-state index in [2.05, 4.69) is 15.5 Å². The third kappa shape index (κ3) is 3.91. The van der Waals surface area contributed by atoms with Gasteiger partial charge >= 0.3 is 0 Å². The van der Waals surface area contributed by atoms with Crippen molar-refractivity contribution >= 4 is 29.0 Å². The average molecular weight is 423 g/mol. The Labute approximate surface area is 175 Å². The highest BCUT2D eigenvalue weighted by Crippen LogP contribution is 2.21. The van der Waals surface area contributed by atoms with Crippen molar-refractivity contribution in [2.45, 2.75) is 6.92 Å². The predicted octanol–water partition coefficient (Wildman–Crippen LogP) is 4.18. The summed E-state index contributed by atoms with van der Waals surface area (Å²) in [5, 5.41) is 22.9. The minimum Gasteiger partial charge on any atom is -0.305 e. The van der Waals surface area contributed by atoms with Crippen LogP contribution in [0.5, 0.6) is 0 Å². The average Bonchev–Trinajstić information content (AvgIpc) is 3.35. The van der Waals surface area contributed by atoms with E-state index in [9.17, 15) is 14.9 Å². The minimum atomic E-state index is -0.486. The van der Waals surface area contributed by atoms with Crippen LogP contribution in [-0.4, -0.2) is 30.4 Å². The van der Waals surface area contributed by atoms with Gasteiger partial charge in [-0.3, -0.25) is 14.9 Å². The van der Waals surface area contributed by atoms with Crippen LogP contribution in [0.2, 0.25) is 5.02 Å². The molecule has 4 aromatic rings. The lowest BCUT2D eigenvalue weighted by molar-refractivity contribution is -0.384. The molecule has 2 aromatic heterocycles. The zero-order valence-electron chi connectivity index (χ0n) is 15.7. The van der Waals surface area contributed by atoms with Gasteiger partial charge in [0.15, 0.2) is 5.69 Å². The largest absolute Gasteiger partial charge is 0.305 e. The molecule has 2 aromatic carbocycles. The van der Waals surface area contributed by atoms with Gasteiger partial charge in [-0.25, -0.2) is 9.36 Å². The lowest BCUT2D eigenvalue weighted by Gasteiger charge is -2.08. The molecule has 0 saturated heterocycles. The van der Waals surface area contributed by atoms with Gasteiger partial charge in [0, 0.05) is 29.4 Å². The molecule has 0 bridgehead atoms. The second-order valence-corrected chi connectivity index (χ2v) is 6.88. The van der Waals surface area contributed by atoms with E-state index in [1.165, 1.54) is 22.9 Å². The van der Waals surface area contributed by atoms with Gasteiger partial charge in [-0.1, -0.05) is 23.7 Å². The number of nitro benzene ring substituents is 1. The number of nitro groups is 1. The molecule has 2 heterocycles. The number of non-ortho nitro benzene ring substituents is 1. The number of aryl methyl sites for hydroxylation is 1.